The molecule has 0 spiro atoms. The van der Waals surface area contributed by atoms with Crippen molar-refractivity contribution in [3.8, 4) is 17.0 Å². The molecule has 0 unspecified atom stereocenters. The van der Waals surface area contributed by atoms with E-state index in [1.165, 1.54) is 0 Å². The second-order valence-corrected chi connectivity index (χ2v) is 4.89. The van der Waals surface area contributed by atoms with Crippen molar-refractivity contribution in [2.75, 3.05) is 13.2 Å². The number of nitrogens with zero attached hydrogens (tertiary/aromatic N) is 1. The average Bonchev–Trinajstić information content (AvgIpc) is 2.86. The van der Waals surface area contributed by atoms with Gasteiger partial charge in [0.15, 0.2) is 0 Å². The van der Waals surface area contributed by atoms with Crippen LogP contribution in [0.1, 0.15) is 18.4 Å². The molecular formula is C14H18N2OS. The lowest BCUT2D eigenvalue weighted by Crippen LogP contribution is -2.00. The first kappa shape index (κ1) is 13.1. The van der Waals surface area contributed by atoms with Crippen LogP contribution >= 0.6 is 11.3 Å². The van der Waals surface area contributed by atoms with Crippen LogP contribution in [-0.4, -0.2) is 18.1 Å². The monoisotopic (exact) mass is 262 g/mol. The molecule has 4 heteroatoms. The molecular weight excluding hydrogens is 244 g/mol. The first-order valence-corrected chi connectivity index (χ1v) is 7.09. The summed E-state index contributed by atoms with van der Waals surface area (Å²) in [4.78, 5) is 4.64. The zero-order chi connectivity index (χ0) is 12.8. The van der Waals surface area contributed by atoms with Gasteiger partial charge in [0, 0.05) is 17.4 Å². The van der Waals surface area contributed by atoms with Crippen molar-refractivity contribution in [1.29, 1.82) is 0 Å². The average molecular weight is 262 g/mol. The van der Waals surface area contributed by atoms with Gasteiger partial charge < -0.3 is 10.5 Å². The van der Waals surface area contributed by atoms with E-state index in [9.17, 15) is 0 Å². The molecule has 0 aliphatic rings. The van der Waals surface area contributed by atoms with Gasteiger partial charge in [-0.25, -0.2) is 4.98 Å². The Labute approximate surface area is 112 Å². The highest BCUT2D eigenvalue weighted by Gasteiger charge is 2.09. The van der Waals surface area contributed by atoms with Crippen LogP contribution in [0.4, 0.5) is 0 Å². The molecule has 0 aliphatic carbocycles. The first-order valence-electron chi connectivity index (χ1n) is 6.21. The second kappa shape index (κ2) is 6.52. The Morgan fingerprint density at radius 3 is 2.94 bits per heavy atom. The molecule has 0 atom stereocenters. The van der Waals surface area contributed by atoms with Crippen LogP contribution in [0.2, 0.25) is 0 Å². The Hall–Kier alpha value is -1.39. The second-order valence-electron chi connectivity index (χ2n) is 3.95. The molecule has 18 heavy (non-hydrogen) atoms. The topological polar surface area (TPSA) is 48.1 Å². The summed E-state index contributed by atoms with van der Waals surface area (Å²) < 4.78 is 5.63. The molecule has 0 amide bonds. The van der Waals surface area contributed by atoms with E-state index in [1.807, 2.05) is 31.2 Å². The molecule has 3 nitrogen and oxygen atoms in total. The predicted octanol–water partition coefficient (Wildman–Crippen LogP) is 3.10. The van der Waals surface area contributed by atoms with Crippen molar-refractivity contribution in [3.63, 3.8) is 0 Å². The number of para-hydroxylation sites is 1. The maximum atomic E-state index is 5.63. The van der Waals surface area contributed by atoms with Gasteiger partial charge in [-0.3, -0.25) is 0 Å². The third-order valence-corrected chi connectivity index (χ3v) is 3.52. The number of hydrogen-bond acceptors (Lipinski definition) is 4. The summed E-state index contributed by atoms with van der Waals surface area (Å²) in [5, 5.41) is 3.23. The predicted molar refractivity (Wildman–Crippen MR) is 76.1 cm³/mol. The van der Waals surface area contributed by atoms with Gasteiger partial charge in [0.1, 0.15) is 5.75 Å². The summed E-state index contributed by atoms with van der Waals surface area (Å²) in [6, 6.07) is 8.03. The highest BCUT2D eigenvalue weighted by atomic mass is 32.1. The number of thiazole rings is 1. The third-order valence-electron chi connectivity index (χ3n) is 2.61. The van der Waals surface area contributed by atoms with Crippen molar-refractivity contribution < 1.29 is 4.74 Å². The van der Waals surface area contributed by atoms with Crippen LogP contribution in [0.5, 0.6) is 5.75 Å². The van der Waals surface area contributed by atoms with Crippen molar-refractivity contribution in [1.82, 2.24) is 4.98 Å². The van der Waals surface area contributed by atoms with Crippen molar-refractivity contribution in [2.45, 2.75) is 19.8 Å². The highest BCUT2D eigenvalue weighted by Crippen LogP contribution is 2.30. The Bertz CT molecular complexity index is 496. The summed E-state index contributed by atoms with van der Waals surface area (Å²) >= 11 is 1.69. The lowest BCUT2D eigenvalue weighted by atomic mass is 10.1. The van der Waals surface area contributed by atoms with Gasteiger partial charge >= 0.3 is 0 Å². The molecule has 2 rings (SSSR count). The van der Waals surface area contributed by atoms with Gasteiger partial charge in [-0.05, 0) is 32.0 Å². The van der Waals surface area contributed by atoms with Gasteiger partial charge in [0.2, 0.25) is 0 Å². The summed E-state index contributed by atoms with van der Waals surface area (Å²) in [6.45, 7) is 3.37. The maximum Gasteiger partial charge on any atom is 0.128 e. The van der Waals surface area contributed by atoms with Gasteiger partial charge in [0.05, 0.1) is 17.3 Å². The first-order chi connectivity index (χ1) is 8.85. The van der Waals surface area contributed by atoms with Gasteiger partial charge in [-0.2, -0.15) is 0 Å². The van der Waals surface area contributed by atoms with Crippen LogP contribution in [-0.2, 0) is 6.42 Å². The van der Waals surface area contributed by atoms with Crippen LogP contribution in [0, 0.1) is 0 Å². The van der Waals surface area contributed by atoms with Crippen LogP contribution in [0.25, 0.3) is 11.3 Å². The van der Waals surface area contributed by atoms with Crippen molar-refractivity contribution in [3.05, 3.63) is 34.7 Å². The molecule has 1 heterocycles. The largest absolute Gasteiger partial charge is 0.493 e. The molecule has 2 N–H and O–H groups in total. The Morgan fingerprint density at radius 1 is 1.33 bits per heavy atom. The van der Waals surface area contributed by atoms with E-state index in [-0.39, 0.29) is 0 Å². The number of aromatic nitrogens is 1. The fraction of sp³-hybridized carbons (Fsp3) is 0.357. The fourth-order valence-corrected chi connectivity index (χ4v) is 2.60. The molecule has 0 aliphatic heterocycles. The molecule has 0 fully saturated rings. The highest BCUT2D eigenvalue weighted by molar-refractivity contribution is 7.09. The van der Waals surface area contributed by atoms with Crippen molar-refractivity contribution in [2.24, 2.45) is 5.73 Å². The minimum atomic E-state index is 0.668. The minimum Gasteiger partial charge on any atom is -0.493 e. The fourth-order valence-electron chi connectivity index (χ4n) is 1.76. The zero-order valence-electron chi connectivity index (χ0n) is 10.6. The summed E-state index contributed by atoms with van der Waals surface area (Å²) in [5.74, 6) is 0.899. The molecule has 0 bridgehead atoms. The number of benzene rings is 1. The molecule has 1 aromatic heterocycles. The minimum absolute atomic E-state index is 0.668. The van der Waals surface area contributed by atoms with Crippen LogP contribution in [0.3, 0.4) is 0 Å². The van der Waals surface area contributed by atoms with Gasteiger partial charge in [0.25, 0.3) is 0 Å². The summed E-state index contributed by atoms with van der Waals surface area (Å²) in [7, 11) is 0. The zero-order valence-corrected chi connectivity index (χ0v) is 11.4. The number of rotatable bonds is 6. The summed E-state index contributed by atoms with van der Waals surface area (Å²) in [6.07, 6.45) is 1.94. The molecule has 1 aromatic carbocycles. The number of ether oxygens (including phenoxy) is 1. The quantitative estimate of drug-likeness (QED) is 0.870. The number of hydrogen-bond donors (Lipinski definition) is 1. The van der Waals surface area contributed by atoms with E-state index < -0.39 is 0 Å². The molecule has 0 saturated carbocycles. The standard InChI is InChI=1S/C14H18N2OS/c1-2-17-13-7-4-3-6-11(13)12-10-18-14(16-12)8-5-9-15/h3-4,6-7,10H,2,5,8-9,15H2,1H3. The smallest absolute Gasteiger partial charge is 0.128 e. The Morgan fingerprint density at radius 2 is 2.17 bits per heavy atom. The third kappa shape index (κ3) is 3.09. The summed E-state index contributed by atoms with van der Waals surface area (Å²) in [5.41, 5.74) is 7.58. The Kier molecular flexibility index (Phi) is 4.73. The number of aryl methyl sites for hydroxylation is 1. The van der Waals surface area contributed by atoms with Crippen LogP contribution in [0.15, 0.2) is 29.6 Å². The normalized spacial score (nSPS) is 10.6. The lowest BCUT2D eigenvalue weighted by Gasteiger charge is -2.07. The molecule has 0 saturated heterocycles. The van der Waals surface area contributed by atoms with E-state index >= 15 is 0 Å². The van der Waals surface area contributed by atoms with Crippen molar-refractivity contribution >= 4 is 11.3 Å². The molecule has 2 aromatic rings. The Balaban J connectivity index is 2.22. The van der Waals surface area contributed by atoms with E-state index in [0.29, 0.717) is 13.2 Å². The molecule has 0 radical (unpaired) electrons. The van der Waals surface area contributed by atoms with E-state index in [2.05, 4.69) is 10.4 Å². The lowest BCUT2D eigenvalue weighted by molar-refractivity contribution is 0.341. The molecule has 96 valence electrons. The van der Waals surface area contributed by atoms with Gasteiger partial charge in [-0.15, -0.1) is 11.3 Å². The maximum absolute atomic E-state index is 5.63. The number of nitrogens with two attached hydrogens (primary N) is 1. The van der Waals surface area contributed by atoms with Gasteiger partial charge in [-0.1, -0.05) is 12.1 Å². The van der Waals surface area contributed by atoms with E-state index in [1.54, 1.807) is 11.3 Å². The van der Waals surface area contributed by atoms with E-state index in [4.69, 9.17) is 10.5 Å². The van der Waals surface area contributed by atoms with E-state index in [0.717, 1.165) is 34.9 Å². The SMILES string of the molecule is CCOc1ccccc1-c1csc(CCCN)n1. The van der Waals surface area contributed by atoms with Crippen LogP contribution < -0.4 is 10.5 Å².